The lowest BCUT2D eigenvalue weighted by atomic mass is 10.2. The minimum atomic E-state index is -0.466. The van der Waals surface area contributed by atoms with Crippen LogP contribution < -0.4 is 5.32 Å². The number of rotatable bonds is 4. The first kappa shape index (κ1) is 15.8. The lowest BCUT2D eigenvalue weighted by Crippen LogP contribution is -2.30. The molecule has 2 aromatic rings. The molecule has 0 amide bonds. The average Bonchev–Trinajstić information content (AvgIpc) is 2.50. The molecule has 0 aliphatic heterocycles. The molecule has 0 aromatic heterocycles. The normalized spacial score (nSPS) is 10.1. The largest absolute Gasteiger partial charge is 0.348 e. The number of anilines is 1. The first-order chi connectivity index (χ1) is 10.5. The third-order valence-electron chi connectivity index (χ3n) is 3.04. The Morgan fingerprint density at radius 1 is 1.27 bits per heavy atom. The van der Waals surface area contributed by atoms with Crippen LogP contribution in [0.2, 0.25) is 0 Å². The predicted octanol–water partition coefficient (Wildman–Crippen LogP) is 3.56. The molecule has 2 rings (SSSR count). The Kier molecular flexibility index (Phi) is 5.00. The van der Waals surface area contributed by atoms with E-state index in [4.69, 9.17) is 12.2 Å². The number of benzene rings is 2. The van der Waals surface area contributed by atoms with E-state index in [-0.39, 0.29) is 11.5 Å². The fourth-order valence-electron chi connectivity index (χ4n) is 1.84. The molecule has 0 atom stereocenters. The topological polar surface area (TPSA) is 58.4 Å². The third kappa shape index (κ3) is 3.98. The molecule has 114 valence electrons. The number of nitrogens with one attached hydrogen (secondary N) is 1. The van der Waals surface area contributed by atoms with E-state index in [2.05, 4.69) is 5.32 Å². The van der Waals surface area contributed by atoms with Gasteiger partial charge in [-0.3, -0.25) is 10.1 Å². The zero-order valence-corrected chi connectivity index (χ0v) is 12.6. The Bertz CT molecular complexity index is 691. The van der Waals surface area contributed by atoms with Crippen molar-refractivity contribution in [3.63, 3.8) is 0 Å². The van der Waals surface area contributed by atoms with E-state index < -0.39 is 4.92 Å². The van der Waals surface area contributed by atoms with E-state index >= 15 is 0 Å². The number of nitro groups is 1. The van der Waals surface area contributed by atoms with Crippen molar-refractivity contribution in [3.05, 3.63) is 70.0 Å². The summed E-state index contributed by atoms with van der Waals surface area (Å²) in [5.74, 6) is -0.285. The first-order valence-electron chi connectivity index (χ1n) is 6.47. The Morgan fingerprint density at radius 3 is 2.50 bits per heavy atom. The van der Waals surface area contributed by atoms with Crippen molar-refractivity contribution in [3.8, 4) is 0 Å². The van der Waals surface area contributed by atoms with Crippen LogP contribution in [0.25, 0.3) is 0 Å². The van der Waals surface area contributed by atoms with Crippen LogP contribution in [-0.2, 0) is 6.54 Å². The number of halogens is 1. The summed E-state index contributed by atoms with van der Waals surface area (Å²) in [5.41, 5.74) is 1.19. The quantitative estimate of drug-likeness (QED) is 0.530. The molecule has 22 heavy (non-hydrogen) atoms. The van der Waals surface area contributed by atoms with E-state index in [1.807, 2.05) is 0 Å². The van der Waals surface area contributed by atoms with Gasteiger partial charge in [-0.25, -0.2) is 4.39 Å². The van der Waals surface area contributed by atoms with Crippen LogP contribution in [0.3, 0.4) is 0 Å². The molecule has 0 saturated carbocycles. The molecule has 0 aliphatic carbocycles. The molecule has 0 unspecified atom stereocenters. The van der Waals surface area contributed by atoms with Gasteiger partial charge in [0.2, 0.25) is 0 Å². The number of hydrogen-bond donors (Lipinski definition) is 1. The van der Waals surface area contributed by atoms with Gasteiger partial charge in [-0.15, -0.1) is 0 Å². The lowest BCUT2D eigenvalue weighted by Gasteiger charge is -2.21. The molecular weight excluding hydrogens is 305 g/mol. The highest BCUT2D eigenvalue weighted by atomic mass is 32.1. The predicted molar refractivity (Wildman–Crippen MR) is 87.2 cm³/mol. The number of nitrogens with zero attached hydrogens (tertiary/aromatic N) is 2. The molecule has 1 N–H and O–H groups in total. The lowest BCUT2D eigenvalue weighted by molar-refractivity contribution is -0.384. The summed E-state index contributed by atoms with van der Waals surface area (Å²) < 4.78 is 13.6. The minimum Gasteiger partial charge on any atom is -0.348 e. The SMILES string of the molecule is CN(Cc1ccccc1F)C(=S)Nc1ccc([N+](=O)[O-])cc1. The number of hydrogen-bond acceptors (Lipinski definition) is 3. The van der Waals surface area contributed by atoms with Crippen molar-refractivity contribution in [2.45, 2.75) is 6.54 Å². The Hall–Kier alpha value is -2.54. The van der Waals surface area contributed by atoms with Crippen LogP contribution >= 0.6 is 12.2 Å². The zero-order valence-electron chi connectivity index (χ0n) is 11.8. The van der Waals surface area contributed by atoms with Gasteiger partial charge in [0.25, 0.3) is 5.69 Å². The van der Waals surface area contributed by atoms with Crippen molar-refractivity contribution >= 4 is 28.7 Å². The van der Waals surface area contributed by atoms with E-state index in [9.17, 15) is 14.5 Å². The molecule has 0 saturated heterocycles. The van der Waals surface area contributed by atoms with Gasteiger partial charge in [0.1, 0.15) is 5.82 Å². The molecule has 7 heteroatoms. The van der Waals surface area contributed by atoms with Gasteiger partial charge in [0.05, 0.1) is 4.92 Å². The summed E-state index contributed by atoms with van der Waals surface area (Å²) >= 11 is 5.24. The van der Waals surface area contributed by atoms with Crippen LogP contribution in [-0.4, -0.2) is 22.0 Å². The fraction of sp³-hybridized carbons (Fsp3) is 0.133. The summed E-state index contributed by atoms with van der Waals surface area (Å²) in [6, 6.07) is 12.4. The van der Waals surface area contributed by atoms with E-state index in [1.54, 1.807) is 42.3 Å². The van der Waals surface area contributed by atoms with Gasteiger partial charge in [0.15, 0.2) is 5.11 Å². The molecule has 5 nitrogen and oxygen atoms in total. The van der Waals surface area contributed by atoms with E-state index in [1.165, 1.54) is 18.2 Å². The van der Waals surface area contributed by atoms with Crippen molar-refractivity contribution in [2.75, 3.05) is 12.4 Å². The number of thiocarbonyl (C=S) groups is 1. The molecule has 0 bridgehead atoms. The third-order valence-corrected chi connectivity index (χ3v) is 3.46. The molecular formula is C15H14FN3O2S. The molecule has 0 spiro atoms. The molecule has 0 heterocycles. The van der Waals surface area contributed by atoms with E-state index in [0.29, 0.717) is 22.9 Å². The Labute approximate surface area is 132 Å². The average molecular weight is 319 g/mol. The summed E-state index contributed by atoms with van der Waals surface area (Å²) in [6.07, 6.45) is 0. The van der Waals surface area contributed by atoms with Gasteiger partial charge in [-0.05, 0) is 30.4 Å². The summed E-state index contributed by atoms with van der Waals surface area (Å²) in [4.78, 5) is 11.8. The second kappa shape index (κ2) is 6.95. The standard InChI is InChI=1S/C15H14FN3O2S/c1-18(10-11-4-2-3-5-14(11)16)15(22)17-12-6-8-13(9-7-12)19(20)21/h2-9H,10H2,1H3,(H,17,22). The summed E-state index contributed by atoms with van der Waals surface area (Å²) in [6.45, 7) is 0.325. The maximum Gasteiger partial charge on any atom is 0.269 e. The maximum absolute atomic E-state index is 13.6. The first-order valence-corrected chi connectivity index (χ1v) is 6.88. The molecule has 0 aliphatic rings. The summed E-state index contributed by atoms with van der Waals surface area (Å²) in [7, 11) is 1.74. The molecule has 0 fully saturated rings. The van der Waals surface area contributed by atoms with Crippen molar-refractivity contribution < 1.29 is 9.31 Å². The highest BCUT2D eigenvalue weighted by Crippen LogP contribution is 2.16. The maximum atomic E-state index is 13.6. The van der Waals surface area contributed by atoms with Crippen molar-refractivity contribution in [1.29, 1.82) is 0 Å². The van der Waals surface area contributed by atoms with Gasteiger partial charge >= 0.3 is 0 Å². The summed E-state index contributed by atoms with van der Waals surface area (Å²) in [5, 5.41) is 14.0. The van der Waals surface area contributed by atoms with Gasteiger partial charge in [0, 0.05) is 37.0 Å². The van der Waals surface area contributed by atoms with Gasteiger partial charge < -0.3 is 10.2 Å². The number of nitro benzene ring substituents is 1. The zero-order chi connectivity index (χ0) is 16.1. The molecule has 2 aromatic carbocycles. The Balaban J connectivity index is 1.99. The van der Waals surface area contributed by atoms with Gasteiger partial charge in [-0.2, -0.15) is 0 Å². The highest BCUT2D eigenvalue weighted by Gasteiger charge is 2.09. The van der Waals surface area contributed by atoms with Crippen molar-refractivity contribution in [2.24, 2.45) is 0 Å². The van der Waals surface area contributed by atoms with Crippen LogP contribution in [0.5, 0.6) is 0 Å². The van der Waals surface area contributed by atoms with Crippen LogP contribution in [0.15, 0.2) is 48.5 Å². The molecule has 0 radical (unpaired) electrons. The van der Waals surface area contributed by atoms with Gasteiger partial charge in [-0.1, -0.05) is 18.2 Å². The Morgan fingerprint density at radius 2 is 1.91 bits per heavy atom. The monoisotopic (exact) mass is 319 g/mol. The number of non-ortho nitro benzene ring substituents is 1. The van der Waals surface area contributed by atoms with Crippen LogP contribution in [0.4, 0.5) is 15.8 Å². The van der Waals surface area contributed by atoms with E-state index in [0.717, 1.165) is 0 Å². The second-order valence-corrected chi connectivity index (χ2v) is 5.07. The highest BCUT2D eigenvalue weighted by molar-refractivity contribution is 7.80. The fourth-order valence-corrected chi connectivity index (χ4v) is 2.02. The van der Waals surface area contributed by atoms with Crippen molar-refractivity contribution in [1.82, 2.24) is 4.90 Å². The van der Waals surface area contributed by atoms with Crippen LogP contribution in [0.1, 0.15) is 5.56 Å². The smallest absolute Gasteiger partial charge is 0.269 e. The second-order valence-electron chi connectivity index (χ2n) is 4.68. The van der Waals surface area contributed by atoms with Crippen LogP contribution in [0, 0.1) is 15.9 Å². The minimum absolute atomic E-state index is 0.0104.